The number of rotatable bonds is 7. The van der Waals surface area contributed by atoms with Gasteiger partial charge in [0.1, 0.15) is 22.2 Å². The minimum absolute atomic E-state index is 0.678. The summed E-state index contributed by atoms with van der Waals surface area (Å²) >= 11 is 1.67. The Kier molecular flexibility index (Phi) is 6.29. The van der Waals surface area contributed by atoms with E-state index < -0.39 is 0 Å². The summed E-state index contributed by atoms with van der Waals surface area (Å²) in [5.74, 6) is 2.59. The van der Waals surface area contributed by atoms with Crippen LogP contribution in [0.15, 0.2) is 60.0 Å². The molecule has 5 rings (SSSR count). The van der Waals surface area contributed by atoms with Crippen molar-refractivity contribution in [3.05, 3.63) is 71.4 Å². The Hall–Kier alpha value is -3.00. The van der Waals surface area contributed by atoms with Crippen LogP contribution >= 0.6 is 11.3 Å². The number of fused-ring (bicyclic) bond motifs is 1. The molecule has 1 aliphatic heterocycles. The summed E-state index contributed by atoms with van der Waals surface area (Å²) in [6, 6.07) is 18.6. The average Bonchev–Trinajstić information content (AvgIpc) is 3.28. The van der Waals surface area contributed by atoms with Crippen LogP contribution < -0.4 is 10.1 Å². The van der Waals surface area contributed by atoms with Crippen LogP contribution in [0.5, 0.6) is 5.75 Å². The van der Waals surface area contributed by atoms with Crippen LogP contribution in [0.3, 0.4) is 0 Å². The largest absolute Gasteiger partial charge is 0.497 e. The van der Waals surface area contributed by atoms with Crippen LogP contribution in [-0.4, -0.2) is 48.3 Å². The SMILES string of the molecule is COc1ccc(CNc2nc(CN3CCOCC3)nc3scc(-c4ccccc4)c23)cc1. The van der Waals surface area contributed by atoms with Crippen molar-refractivity contribution in [3.63, 3.8) is 0 Å². The van der Waals surface area contributed by atoms with E-state index in [4.69, 9.17) is 19.4 Å². The number of anilines is 1. The van der Waals surface area contributed by atoms with Gasteiger partial charge in [0.2, 0.25) is 0 Å². The van der Waals surface area contributed by atoms with E-state index in [0.717, 1.165) is 60.5 Å². The van der Waals surface area contributed by atoms with Crippen molar-refractivity contribution in [1.82, 2.24) is 14.9 Å². The predicted molar refractivity (Wildman–Crippen MR) is 129 cm³/mol. The molecule has 1 aliphatic rings. The maximum Gasteiger partial charge on any atom is 0.146 e. The average molecular weight is 447 g/mol. The second kappa shape index (κ2) is 9.65. The predicted octanol–water partition coefficient (Wildman–Crippen LogP) is 4.81. The molecule has 1 fully saturated rings. The Labute approximate surface area is 191 Å². The summed E-state index contributed by atoms with van der Waals surface area (Å²) in [5.41, 5.74) is 3.51. The lowest BCUT2D eigenvalue weighted by atomic mass is 10.1. The van der Waals surface area contributed by atoms with Gasteiger partial charge in [0.05, 0.1) is 32.3 Å². The molecular formula is C25H26N4O2S. The monoisotopic (exact) mass is 446 g/mol. The second-order valence-electron chi connectivity index (χ2n) is 7.77. The van der Waals surface area contributed by atoms with Crippen LogP contribution in [0.25, 0.3) is 21.3 Å². The Morgan fingerprint density at radius 2 is 1.81 bits per heavy atom. The van der Waals surface area contributed by atoms with Crippen LogP contribution in [0, 0.1) is 0 Å². The molecule has 2 aromatic heterocycles. The Morgan fingerprint density at radius 1 is 1.03 bits per heavy atom. The van der Waals surface area contributed by atoms with Gasteiger partial charge in [0, 0.05) is 30.6 Å². The van der Waals surface area contributed by atoms with Crippen molar-refractivity contribution >= 4 is 27.4 Å². The van der Waals surface area contributed by atoms with Gasteiger partial charge in [-0.3, -0.25) is 4.90 Å². The lowest BCUT2D eigenvalue weighted by Crippen LogP contribution is -2.36. The fourth-order valence-electron chi connectivity index (χ4n) is 3.90. The van der Waals surface area contributed by atoms with Gasteiger partial charge in [-0.1, -0.05) is 42.5 Å². The Bertz CT molecular complexity index is 1170. The van der Waals surface area contributed by atoms with Crippen molar-refractivity contribution in [1.29, 1.82) is 0 Å². The number of hydrogen-bond acceptors (Lipinski definition) is 7. The topological polar surface area (TPSA) is 59.5 Å². The molecule has 7 heteroatoms. The molecule has 1 saturated heterocycles. The van der Waals surface area contributed by atoms with Crippen LogP contribution in [0.1, 0.15) is 11.4 Å². The fourth-order valence-corrected chi connectivity index (χ4v) is 4.87. The van der Waals surface area contributed by atoms with E-state index in [1.54, 1.807) is 18.4 Å². The quantitative estimate of drug-likeness (QED) is 0.440. The summed E-state index contributed by atoms with van der Waals surface area (Å²) in [6.45, 7) is 4.77. The summed E-state index contributed by atoms with van der Waals surface area (Å²) < 4.78 is 10.8. The van der Waals surface area contributed by atoms with E-state index in [1.807, 2.05) is 18.2 Å². The molecule has 3 heterocycles. The van der Waals surface area contributed by atoms with E-state index in [2.05, 4.69) is 52.0 Å². The zero-order valence-corrected chi connectivity index (χ0v) is 18.9. The van der Waals surface area contributed by atoms with Crippen molar-refractivity contribution in [2.24, 2.45) is 0 Å². The van der Waals surface area contributed by atoms with Gasteiger partial charge in [-0.05, 0) is 23.3 Å². The van der Waals surface area contributed by atoms with Gasteiger partial charge in [-0.15, -0.1) is 11.3 Å². The molecule has 0 amide bonds. The smallest absolute Gasteiger partial charge is 0.146 e. The van der Waals surface area contributed by atoms with Crippen molar-refractivity contribution in [2.75, 3.05) is 38.7 Å². The van der Waals surface area contributed by atoms with E-state index >= 15 is 0 Å². The highest BCUT2D eigenvalue weighted by molar-refractivity contribution is 7.17. The summed E-state index contributed by atoms with van der Waals surface area (Å²) in [5, 5.41) is 6.86. The van der Waals surface area contributed by atoms with Gasteiger partial charge < -0.3 is 14.8 Å². The number of aromatic nitrogens is 2. The van der Waals surface area contributed by atoms with Crippen molar-refractivity contribution < 1.29 is 9.47 Å². The molecule has 6 nitrogen and oxygen atoms in total. The zero-order valence-electron chi connectivity index (χ0n) is 18.1. The minimum atomic E-state index is 0.678. The number of nitrogens with one attached hydrogen (secondary N) is 1. The summed E-state index contributed by atoms with van der Waals surface area (Å²) in [7, 11) is 1.68. The highest BCUT2D eigenvalue weighted by Crippen LogP contribution is 2.37. The molecule has 32 heavy (non-hydrogen) atoms. The molecule has 1 N–H and O–H groups in total. The van der Waals surface area contributed by atoms with Gasteiger partial charge in [0.25, 0.3) is 0 Å². The molecule has 0 spiro atoms. The third kappa shape index (κ3) is 4.60. The molecule has 4 aromatic rings. The third-order valence-corrected chi connectivity index (χ3v) is 6.52. The summed E-state index contributed by atoms with van der Waals surface area (Å²) in [4.78, 5) is 13.3. The maximum atomic E-state index is 5.49. The van der Waals surface area contributed by atoms with E-state index in [-0.39, 0.29) is 0 Å². The second-order valence-corrected chi connectivity index (χ2v) is 8.63. The minimum Gasteiger partial charge on any atom is -0.497 e. The first-order valence-electron chi connectivity index (χ1n) is 10.8. The first-order chi connectivity index (χ1) is 15.8. The Balaban J connectivity index is 1.49. The molecule has 0 unspecified atom stereocenters. The van der Waals surface area contributed by atoms with Crippen molar-refractivity contribution in [2.45, 2.75) is 13.1 Å². The number of nitrogens with zero attached hydrogens (tertiary/aromatic N) is 3. The number of hydrogen-bond donors (Lipinski definition) is 1. The van der Waals surface area contributed by atoms with Crippen LogP contribution in [0.2, 0.25) is 0 Å². The van der Waals surface area contributed by atoms with Gasteiger partial charge in [-0.25, -0.2) is 9.97 Å². The number of morpholine rings is 1. The highest BCUT2D eigenvalue weighted by Gasteiger charge is 2.18. The van der Waals surface area contributed by atoms with Gasteiger partial charge >= 0.3 is 0 Å². The lowest BCUT2D eigenvalue weighted by Gasteiger charge is -2.25. The van der Waals surface area contributed by atoms with Crippen LogP contribution in [-0.2, 0) is 17.8 Å². The standard InChI is InChI=1S/C25H26N4O2S/c1-30-20-9-7-18(8-10-20)15-26-24-23-21(19-5-3-2-4-6-19)17-32-25(23)28-22(27-24)16-29-11-13-31-14-12-29/h2-10,17H,11-16H2,1H3,(H,26,27,28). The number of thiophene rings is 1. The normalized spacial score (nSPS) is 14.5. The zero-order chi connectivity index (χ0) is 21.8. The maximum absolute atomic E-state index is 5.49. The molecular weight excluding hydrogens is 420 g/mol. The fraction of sp³-hybridized carbons (Fsp3) is 0.280. The van der Waals surface area contributed by atoms with E-state index in [1.165, 1.54) is 16.7 Å². The molecule has 0 aliphatic carbocycles. The molecule has 0 radical (unpaired) electrons. The van der Waals surface area contributed by atoms with Gasteiger partial charge in [0.15, 0.2) is 0 Å². The van der Waals surface area contributed by atoms with Crippen LogP contribution in [0.4, 0.5) is 5.82 Å². The number of methoxy groups -OCH3 is 1. The molecule has 164 valence electrons. The first-order valence-corrected chi connectivity index (χ1v) is 11.7. The first kappa shape index (κ1) is 20.9. The summed E-state index contributed by atoms with van der Waals surface area (Å²) in [6.07, 6.45) is 0. The van der Waals surface area contributed by atoms with E-state index in [0.29, 0.717) is 6.54 Å². The molecule has 0 bridgehead atoms. The third-order valence-electron chi connectivity index (χ3n) is 5.65. The van der Waals surface area contributed by atoms with Gasteiger partial charge in [-0.2, -0.15) is 0 Å². The lowest BCUT2D eigenvalue weighted by molar-refractivity contribution is 0.0331. The molecule has 0 saturated carbocycles. The molecule has 0 atom stereocenters. The highest BCUT2D eigenvalue weighted by atomic mass is 32.1. The Morgan fingerprint density at radius 3 is 2.56 bits per heavy atom. The molecule has 2 aromatic carbocycles. The number of ether oxygens (including phenoxy) is 2. The number of benzene rings is 2. The van der Waals surface area contributed by atoms with E-state index in [9.17, 15) is 0 Å². The van der Waals surface area contributed by atoms with Crippen molar-refractivity contribution in [3.8, 4) is 16.9 Å².